The van der Waals surface area contributed by atoms with Crippen molar-refractivity contribution in [3.8, 4) is 11.1 Å². The molecule has 5 aromatic rings. The van der Waals surface area contributed by atoms with Crippen molar-refractivity contribution in [2.24, 2.45) is 0 Å². The number of hydrogen-bond donors (Lipinski definition) is 2. The van der Waals surface area contributed by atoms with Crippen LogP contribution in [0.2, 0.25) is 0 Å². The molecule has 0 radical (unpaired) electrons. The second-order valence-electron chi connectivity index (χ2n) is 10.9. The molecule has 0 spiro atoms. The quantitative estimate of drug-likeness (QED) is 0.136. The van der Waals surface area contributed by atoms with Crippen molar-refractivity contribution in [3.05, 3.63) is 167 Å². The number of carbonyl (C=O) groups is 3. The number of halogens is 1. The summed E-state index contributed by atoms with van der Waals surface area (Å²) in [6.07, 6.45) is -1.62. The van der Waals surface area contributed by atoms with Gasteiger partial charge in [0.2, 0.25) is 5.91 Å². The second kappa shape index (κ2) is 13.0. The number of hydrogen-bond acceptors (Lipinski definition) is 4. The number of fused-ring (bicyclic) bond motifs is 3. The van der Waals surface area contributed by atoms with Gasteiger partial charge in [-0.3, -0.25) is 9.59 Å². The summed E-state index contributed by atoms with van der Waals surface area (Å²) in [6, 6.07) is 40.4. The van der Waals surface area contributed by atoms with Gasteiger partial charge >= 0.3 is 12.1 Å². The number of benzene rings is 5. The summed E-state index contributed by atoms with van der Waals surface area (Å²) in [5.74, 6) is -0.851. The molecule has 1 aliphatic carbocycles. The van der Waals surface area contributed by atoms with Gasteiger partial charge in [0.05, 0.1) is 6.42 Å². The lowest BCUT2D eigenvalue weighted by molar-refractivity contribution is -0.134. The fourth-order valence-electron chi connectivity index (χ4n) is 6.20. The zero-order chi connectivity index (χ0) is 31.2. The first-order valence-electron chi connectivity index (χ1n) is 14.8. The average molecular weight is 599 g/mol. The molecule has 1 aliphatic rings. The van der Waals surface area contributed by atoms with Crippen molar-refractivity contribution >= 4 is 18.0 Å². The fourth-order valence-corrected chi connectivity index (χ4v) is 6.20. The lowest BCUT2D eigenvalue weighted by atomic mass is 9.77. The van der Waals surface area contributed by atoms with Crippen LogP contribution in [0, 0.1) is 0 Å². The van der Waals surface area contributed by atoms with Crippen LogP contribution in [0.1, 0.15) is 40.2 Å². The monoisotopic (exact) mass is 598 g/mol. The zero-order valence-corrected chi connectivity index (χ0v) is 24.4. The number of alkyl carbamates (subject to hydrolysis) is 1. The van der Waals surface area contributed by atoms with Crippen molar-refractivity contribution in [1.29, 1.82) is 0 Å². The Morgan fingerprint density at radius 1 is 0.644 bits per heavy atom. The number of amides is 2. The third-order valence-electron chi connectivity index (χ3n) is 8.25. The lowest BCUT2D eigenvalue weighted by Gasteiger charge is -2.37. The van der Waals surface area contributed by atoms with E-state index >= 15 is 0 Å². The third kappa shape index (κ3) is 5.97. The maximum atomic E-state index is 14.3. The minimum Gasteiger partial charge on any atom is -0.449 e. The predicted octanol–water partition coefficient (Wildman–Crippen LogP) is 6.89. The van der Waals surface area contributed by atoms with Gasteiger partial charge in [-0.15, -0.1) is 0 Å². The Hall–Kier alpha value is -5.56. The SMILES string of the molecule is O=C(C[C@H](NC(=O)OCC1c2ccccc2-c2ccccc21)C(=O)F)NC(c1ccccc1)(c1ccccc1)c1ccccc1. The number of ether oxygens (including phenoxy) is 1. The van der Waals surface area contributed by atoms with E-state index in [1.54, 1.807) is 0 Å². The highest BCUT2D eigenvalue weighted by Gasteiger charge is 2.39. The van der Waals surface area contributed by atoms with Crippen LogP contribution in [0.5, 0.6) is 0 Å². The molecule has 7 heteroatoms. The normalized spacial score (nSPS) is 12.8. The first-order chi connectivity index (χ1) is 22.0. The molecule has 45 heavy (non-hydrogen) atoms. The maximum Gasteiger partial charge on any atom is 0.407 e. The minimum absolute atomic E-state index is 0.0155. The van der Waals surface area contributed by atoms with Crippen molar-refractivity contribution < 1.29 is 23.5 Å². The Balaban J connectivity index is 1.21. The van der Waals surface area contributed by atoms with Gasteiger partial charge in [0, 0.05) is 5.92 Å². The topological polar surface area (TPSA) is 84.5 Å². The van der Waals surface area contributed by atoms with Crippen LogP contribution in [0.3, 0.4) is 0 Å². The van der Waals surface area contributed by atoms with E-state index in [9.17, 15) is 18.8 Å². The summed E-state index contributed by atoms with van der Waals surface area (Å²) in [7, 11) is 0. The highest BCUT2D eigenvalue weighted by Crippen LogP contribution is 2.44. The van der Waals surface area contributed by atoms with Gasteiger partial charge in [0.1, 0.15) is 18.2 Å². The molecule has 0 unspecified atom stereocenters. The molecule has 1 atom stereocenters. The Morgan fingerprint density at radius 2 is 1.07 bits per heavy atom. The molecular formula is C38H31FN2O4. The van der Waals surface area contributed by atoms with E-state index in [0.717, 1.165) is 38.9 Å². The van der Waals surface area contributed by atoms with Crippen molar-refractivity contribution in [2.45, 2.75) is 23.9 Å². The molecule has 6 nitrogen and oxygen atoms in total. The van der Waals surface area contributed by atoms with Gasteiger partial charge in [-0.2, -0.15) is 4.39 Å². The van der Waals surface area contributed by atoms with Crippen molar-refractivity contribution in [1.82, 2.24) is 10.6 Å². The van der Waals surface area contributed by atoms with Crippen LogP contribution in [0.25, 0.3) is 11.1 Å². The molecule has 6 rings (SSSR count). The van der Waals surface area contributed by atoms with Crippen LogP contribution >= 0.6 is 0 Å². The highest BCUT2D eigenvalue weighted by atomic mass is 19.1. The third-order valence-corrected chi connectivity index (χ3v) is 8.25. The van der Waals surface area contributed by atoms with Crippen LogP contribution in [0.4, 0.5) is 9.18 Å². The van der Waals surface area contributed by atoms with E-state index in [1.807, 2.05) is 140 Å². The Morgan fingerprint density at radius 3 is 1.51 bits per heavy atom. The van der Waals surface area contributed by atoms with E-state index in [1.165, 1.54) is 0 Å². The molecule has 2 amide bonds. The summed E-state index contributed by atoms with van der Waals surface area (Å²) in [5, 5.41) is 5.36. The summed E-state index contributed by atoms with van der Waals surface area (Å²) in [6.45, 7) is -0.0155. The summed E-state index contributed by atoms with van der Waals surface area (Å²) in [5.41, 5.74) is 5.30. The molecule has 0 aliphatic heterocycles. The van der Waals surface area contributed by atoms with E-state index < -0.39 is 36.0 Å². The standard InChI is InChI=1S/C38H31FN2O4/c39-36(43)34(40-37(44)45-25-33-31-22-12-10-20-29(31)30-21-11-13-23-32(30)33)24-35(42)41-38(26-14-4-1-5-15-26,27-16-6-2-7-17-27)28-18-8-3-9-19-28/h1-23,33-34H,24-25H2,(H,40,44)(H,41,42)/t34-/m0/s1. The van der Waals surface area contributed by atoms with Gasteiger partial charge in [0.15, 0.2) is 0 Å². The highest BCUT2D eigenvalue weighted by molar-refractivity contribution is 5.88. The molecular weight excluding hydrogens is 567 g/mol. The predicted molar refractivity (Wildman–Crippen MR) is 170 cm³/mol. The molecule has 2 N–H and O–H groups in total. The van der Waals surface area contributed by atoms with Gasteiger partial charge in [-0.1, -0.05) is 140 Å². The molecule has 0 bridgehead atoms. The van der Waals surface area contributed by atoms with E-state index in [-0.39, 0.29) is 12.5 Å². The van der Waals surface area contributed by atoms with Crippen LogP contribution in [-0.4, -0.2) is 30.7 Å². The molecule has 0 heterocycles. The Labute approximate surface area is 260 Å². The molecule has 0 saturated heterocycles. The molecule has 0 fully saturated rings. The van der Waals surface area contributed by atoms with Crippen LogP contribution in [0.15, 0.2) is 140 Å². The van der Waals surface area contributed by atoms with Crippen molar-refractivity contribution in [2.75, 3.05) is 6.61 Å². The number of carbonyl (C=O) groups excluding carboxylic acids is 3. The van der Waals surface area contributed by atoms with Crippen molar-refractivity contribution in [3.63, 3.8) is 0 Å². The average Bonchev–Trinajstić information content (AvgIpc) is 3.40. The maximum absolute atomic E-state index is 14.3. The smallest absolute Gasteiger partial charge is 0.407 e. The molecule has 0 aromatic heterocycles. The first-order valence-corrected chi connectivity index (χ1v) is 14.8. The van der Waals surface area contributed by atoms with E-state index in [2.05, 4.69) is 10.6 Å². The fraction of sp³-hybridized carbons (Fsp3) is 0.132. The first kappa shape index (κ1) is 29.5. The Kier molecular flexibility index (Phi) is 8.51. The van der Waals surface area contributed by atoms with Gasteiger partial charge in [-0.05, 0) is 38.9 Å². The number of nitrogens with one attached hydrogen (secondary N) is 2. The van der Waals surface area contributed by atoms with Gasteiger partial charge in [-0.25, -0.2) is 4.79 Å². The summed E-state index contributed by atoms with van der Waals surface area (Å²) in [4.78, 5) is 38.6. The van der Waals surface area contributed by atoms with E-state index in [4.69, 9.17) is 4.74 Å². The summed E-state index contributed by atoms with van der Waals surface area (Å²) < 4.78 is 19.8. The molecule has 0 saturated carbocycles. The second-order valence-corrected chi connectivity index (χ2v) is 10.9. The Bertz CT molecular complexity index is 1670. The molecule has 224 valence electrons. The minimum atomic E-state index is -1.84. The largest absolute Gasteiger partial charge is 0.449 e. The van der Waals surface area contributed by atoms with E-state index in [0.29, 0.717) is 0 Å². The number of rotatable bonds is 10. The summed E-state index contributed by atoms with van der Waals surface area (Å²) >= 11 is 0. The van der Waals surface area contributed by atoms with Crippen LogP contribution in [-0.2, 0) is 19.9 Å². The zero-order valence-electron chi connectivity index (χ0n) is 24.4. The van der Waals surface area contributed by atoms with Gasteiger partial charge < -0.3 is 15.4 Å². The lowest BCUT2D eigenvalue weighted by Crippen LogP contribution is -2.50. The van der Waals surface area contributed by atoms with Crippen LogP contribution < -0.4 is 10.6 Å². The van der Waals surface area contributed by atoms with Gasteiger partial charge in [0.25, 0.3) is 0 Å². The molecule has 5 aromatic carbocycles.